The molecule has 2 rings (SSSR count). The van der Waals surface area contributed by atoms with Crippen LogP contribution in [0.15, 0.2) is 54.6 Å². The van der Waals surface area contributed by atoms with Gasteiger partial charge in [-0.3, -0.25) is 4.79 Å². The molecule has 21 heavy (non-hydrogen) atoms. The number of carbonyl (C=O) groups is 1. The van der Waals surface area contributed by atoms with Crippen LogP contribution >= 0.6 is 0 Å². The average Bonchev–Trinajstić information content (AvgIpc) is 2.53. The van der Waals surface area contributed by atoms with Gasteiger partial charge in [-0.2, -0.15) is 0 Å². The molecule has 0 unspecified atom stereocenters. The molecule has 0 saturated heterocycles. The highest BCUT2D eigenvalue weighted by molar-refractivity contribution is 5.95. The van der Waals surface area contributed by atoms with Crippen molar-refractivity contribution in [2.75, 3.05) is 19.6 Å². The van der Waals surface area contributed by atoms with E-state index in [1.165, 1.54) is 5.56 Å². The summed E-state index contributed by atoms with van der Waals surface area (Å²) in [6.07, 6.45) is 0.775. The van der Waals surface area contributed by atoms with E-state index in [0.29, 0.717) is 6.54 Å². The Balaban J connectivity index is 2.04. The van der Waals surface area contributed by atoms with E-state index in [-0.39, 0.29) is 5.91 Å². The summed E-state index contributed by atoms with van der Waals surface area (Å²) in [4.78, 5) is 12.3. The van der Waals surface area contributed by atoms with Crippen LogP contribution in [0, 0.1) is 0 Å². The Morgan fingerprint density at radius 2 is 1.67 bits per heavy atom. The summed E-state index contributed by atoms with van der Waals surface area (Å²) in [6, 6.07) is 18.0. The lowest BCUT2D eigenvalue weighted by atomic mass is 9.99. The summed E-state index contributed by atoms with van der Waals surface area (Å²) < 4.78 is 0. The van der Waals surface area contributed by atoms with Gasteiger partial charge in [0, 0.05) is 18.7 Å². The molecule has 2 aromatic rings. The first kappa shape index (κ1) is 15.3. The van der Waals surface area contributed by atoms with Gasteiger partial charge in [0.15, 0.2) is 0 Å². The molecule has 0 radical (unpaired) electrons. The topological polar surface area (TPSA) is 41.1 Å². The highest BCUT2D eigenvalue weighted by atomic mass is 16.1. The minimum absolute atomic E-state index is 0.000524. The largest absolute Gasteiger partial charge is 0.351 e. The number of hydrogen-bond donors (Lipinski definition) is 2. The van der Waals surface area contributed by atoms with Crippen molar-refractivity contribution in [3.05, 3.63) is 71.3 Å². The van der Waals surface area contributed by atoms with Crippen LogP contribution in [-0.2, 0) is 6.42 Å². The Labute approximate surface area is 126 Å². The van der Waals surface area contributed by atoms with Crippen molar-refractivity contribution in [3.8, 4) is 0 Å². The van der Waals surface area contributed by atoms with Gasteiger partial charge in [0.05, 0.1) is 0 Å². The average molecular weight is 282 g/mol. The minimum atomic E-state index is -0.000524. The van der Waals surface area contributed by atoms with Crippen molar-refractivity contribution in [2.45, 2.75) is 13.3 Å². The summed E-state index contributed by atoms with van der Waals surface area (Å²) in [7, 11) is 0. The zero-order valence-electron chi connectivity index (χ0n) is 12.4. The van der Waals surface area contributed by atoms with E-state index >= 15 is 0 Å². The van der Waals surface area contributed by atoms with Crippen LogP contribution in [0.1, 0.15) is 28.4 Å². The molecule has 0 fully saturated rings. The second-order valence-corrected chi connectivity index (χ2v) is 4.93. The lowest BCUT2D eigenvalue weighted by molar-refractivity contribution is 0.0953. The third kappa shape index (κ3) is 4.72. The van der Waals surface area contributed by atoms with E-state index in [0.717, 1.165) is 30.6 Å². The molecular formula is C18H22N2O. The molecule has 0 saturated carbocycles. The quantitative estimate of drug-likeness (QED) is 0.767. The first-order chi connectivity index (χ1) is 10.3. The fraction of sp³-hybridized carbons (Fsp3) is 0.278. The maximum atomic E-state index is 12.3. The van der Waals surface area contributed by atoms with Gasteiger partial charge in [-0.15, -0.1) is 0 Å². The molecule has 0 bridgehead atoms. The molecule has 1 amide bonds. The monoisotopic (exact) mass is 282 g/mol. The second kappa shape index (κ2) is 8.22. The highest BCUT2D eigenvalue weighted by Gasteiger charge is 2.10. The molecule has 0 aliphatic carbocycles. The van der Waals surface area contributed by atoms with Crippen LogP contribution < -0.4 is 10.6 Å². The van der Waals surface area contributed by atoms with Gasteiger partial charge in [-0.05, 0) is 30.2 Å². The van der Waals surface area contributed by atoms with Crippen molar-refractivity contribution in [1.29, 1.82) is 0 Å². The highest BCUT2D eigenvalue weighted by Crippen LogP contribution is 2.14. The first-order valence-corrected chi connectivity index (χ1v) is 7.42. The van der Waals surface area contributed by atoms with Gasteiger partial charge >= 0.3 is 0 Å². The molecule has 2 N–H and O–H groups in total. The summed E-state index contributed by atoms with van der Waals surface area (Å²) in [5.74, 6) is -0.000524. The predicted molar refractivity (Wildman–Crippen MR) is 86.6 cm³/mol. The molecule has 3 heteroatoms. The van der Waals surface area contributed by atoms with Crippen LogP contribution in [-0.4, -0.2) is 25.5 Å². The van der Waals surface area contributed by atoms with E-state index < -0.39 is 0 Å². The van der Waals surface area contributed by atoms with E-state index in [1.807, 2.05) is 42.5 Å². The van der Waals surface area contributed by atoms with Crippen molar-refractivity contribution >= 4 is 5.91 Å². The van der Waals surface area contributed by atoms with Crippen molar-refractivity contribution in [1.82, 2.24) is 10.6 Å². The molecule has 0 aromatic heterocycles. The number of benzene rings is 2. The molecule has 0 spiro atoms. The molecule has 0 heterocycles. The zero-order chi connectivity index (χ0) is 14.9. The first-order valence-electron chi connectivity index (χ1n) is 7.42. The summed E-state index contributed by atoms with van der Waals surface area (Å²) in [5.41, 5.74) is 3.04. The summed E-state index contributed by atoms with van der Waals surface area (Å²) in [5, 5.41) is 6.15. The van der Waals surface area contributed by atoms with Crippen LogP contribution in [0.3, 0.4) is 0 Å². The summed E-state index contributed by atoms with van der Waals surface area (Å²) in [6.45, 7) is 4.41. The molecule has 0 aliphatic heterocycles. The van der Waals surface area contributed by atoms with Crippen LogP contribution in [0.4, 0.5) is 0 Å². The fourth-order valence-corrected chi connectivity index (χ4v) is 2.25. The third-order valence-corrected chi connectivity index (χ3v) is 3.34. The van der Waals surface area contributed by atoms with Crippen LogP contribution in [0.2, 0.25) is 0 Å². The maximum Gasteiger partial charge on any atom is 0.251 e. The van der Waals surface area contributed by atoms with E-state index in [9.17, 15) is 4.79 Å². The van der Waals surface area contributed by atoms with Gasteiger partial charge in [0.1, 0.15) is 0 Å². The molecule has 2 aromatic carbocycles. The van der Waals surface area contributed by atoms with E-state index in [1.54, 1.807) is 0 Å². The van der Waals surface area contributed by atoms with Crippen molar-refractivity contribution in [3.63, 3.8) is 0 Å². The number of rotatable bonds is 7. The van der Waals surface area contributed by atoms with Crippen molar-refractivity contribution in [2.24, 2.45) is 0 Å². The lowest BCUT2D eigenvalue weighted by Crippen LogP contribution is -2.32. The Morgan fingerprint density at radius 1 is 0.952 bits per heavy atom. The third-order valence-electron chi connectivity index (χ3n) is 3.34. The standard InChI is InChI=1S/C18H22N2O/c1-2-19-12-13-20-18(21)17-11-7-6-10-16(17)14-15-8-4-3-5-9-15/h3-11,19H,2,12-14H2,1H3,(H,20,21). The van der Waals surface area contributed by atoms with Crippen LogP contribution in [0.5, 0.6) is 0 Å². The van der Waals surface area contributed by atoms with Gasteiger partial charge in [0.25, 0.3) is 5.91 Å². The van der Waals surface area contributed by atoms with Gasteiger partial charge in [-0.25, -0.2) is 0 Å². The number of likely N-dealkylation sites (N-methyl/N-ethyl adjacent to an activating group) is 1. The number of nitrogens with one attached hydrogen (secondary N) is 2. The Bertz CT molecular complexity index is 566. The van der Waals surface area contributed by atoms with Crippen LogP contribution in [0.25, 0.3) is 0 Å². The predicted octanol–water partition coefficient (Wildman–Crippen LogP) is 2.62. The molecule has 0 aliphatic rings. The number of hydrogen-bond acceptors (Lipinski definition) is 2. The Morgan fingerprint density at radius 3 is 2.43 bits per heavy atom. The smallest absolute Gasteiger partial charge is 0.251 e. The molecule has 110 valence electrons. The number of carbonyl (C=O) groups excluding carboxylic acids is 1. The zero-order valence-corrected chi connectivity index (χ0v) is 12.4. The SMILES string of the molecule is CCNCCNC(=O)c1ccccc1Cc1ccccc1. The number of amides is 1. The minimum Gasteiger partial charge on any atom is -0.351 e. The molecule has 0 atom stereocenters. The fourth-order valence-electron chi connectivity index (χ4n) is 2.25. The van der Waals surface area contributed by atoms with Gasteiger partial charge in [0.2, 0.25) is 0 Å². The second-order valence-electron chi connectivity index (χ2n) is 4.93. The Hall–Kier alpha value is -2.13. The normalized spacial score (nSPS) is 10.3. The summed E-state index contributed by atoms with van der Waals surface area (Å²) >= 11 is 0. The van der Waals surface area contributed by atoms with Crippen molar-refractivity contribution < 1.29 is 4.79 Å². The Kier molecular flexibility index (Phi) is 5.98. The maximum absolute atomic E-state index is 12.3. The molecular weight excluding hydrogens is 260 g/mol. The van der Waals surface area contributed by atoms with Gasteiger partial charge in [-0.1, -0.05) is 55.5 Å². The van der Waals surface area contributed by atoms with E-state index in [4.69, 9.17) is 0 Å². The lowest BCUT2D eigenvalue weighted by Gasteiger charge is -2.10. The van der Waals surface area contributed by atoms with E-state index in [2.05, 4.69) is 29.7 Å². The molecule has 3 nitrogen and oxygen atoms in total. The van der Waals surface area contributed by atoms with Gasteiger partial charge < -0.3 is 10.6 Å².